The van der Waals surface area contributed by atoms with Crippen molar-refractivity contribution >= 4 is 25.0 Å². The molecule has 1 unspecified atom stereocenters. The molecule has 2 atom stereocenters. The Labute approximate surface area is 156 Å². The highest BCUT2D eigenvalue weighted by molar-refractivity contribution is 6.47. The van der Waals surface area contributed by atoms with Gasteiger partial charge in [0.25, 0.3) is 0 Å². The van der Waals surface area contributed by atoms with Gasteiger partial charge in [0.15, 0.2) is 0 Å². The van der Waals surface area contributed by atoms with E-state index in [0.717, 1.165) is 0 Å². The number of nitriles is 1. The predicted molar refractivity (Wildman–Crippen MR) is 92.2 cm³/mol. The number of hydrogen-bond donors (Lipinski definition) is 2. The molecular formula is C17H19BN2O7. The van der Waals surface area contributed by atoms with Crippen LogP contribution in [0.25, 0.3) is 0 Å². The summed E-state index contributed by atoms with van der Waals surface area (Å²) in [5.41, 5.74) is 0.667. The Hall–Kier alpha value is -3.06. The lowest BCUT2D eigenvalue weighted by molar-refractivity contribution is -0.162. The predicted octanol–water partition coefficient (Wildman–Crippen LogP) is 0.496. The van der Waals surface area contributed by atoms with Gasteiger partial charge in [-0.2, -0.15) is 5.26 Å². The molecule has 0 spiro atoms. The first kappa shape index (κ1) is 20.3. The van der Waals surface area contributed by atoms with Gasteiger partial charge in [0.2, 0.25) is 12.2 Å². The minimum atomic E-state index is -1.37. The van der Waals surface area contributed by atoms with Crippen LogP contribution in [-0.4, -0.2) is 42.2 Å². The minimum absolute atomic E-state index is 0.0208. The van der Waals surface area contributed by atoms with E-state index >= 15 is 0 Å². The van der Waals surface area contributed by atoms with E-state index in [1.54, 1.807) is 12.1 Å². The molecule has 0 fully saturated rings. The molecule has 1 heterocycles. The Morgan fingerprint density at radius 1 is 1.44 bits per heavy atom. The molecule has 0 aromatic heterocycles. The third-order valence-electron chi connectivity index (χ3n) is 3.75. The molecule has 0 radical (unpaired) electrons. The van der Waals surface area contributed by atoms with Crippen molar-refractivity contribution in [1.29, 1.82) is 5.26 Å². The number of benzene rings is 1. The Kier molecular flexibility index (Phi) is 6.79. The molecule has 1 aliphatic heterocycles. The lowest BCUT2D eigenvalue weighted by Crippen LogP contribution is -2.53. The van der Waals surface area contributed by atoms with Gasteiger partial charge in [-0.05, 0) is 18.1 Å². The summed E-state index contributed by atoms with van der Waals surface area (Å²) in [6.07, 6.45) is -0.753. The van der Waals surface area contributed by atoms with Crippen molar-refractivity contribution < 1.29 is 33.5 Å². The lowest BCUT2D eigenvalue weighted by atomic mass is 9.72. The van der Waals surface area contributed by atoms with Gasteiger partial charge in [-0.25, -0.2) is 4.79 Å². The fraction of sp³-hybridized carbons (Fsp3) is 0.412. The third kappa shape index (κ3) is 5.46. The monoisotopic (exact) mass is 374 g/mol. The summed E-state index contributed by atoms with van der Waals surface area (Å²) < 4.78 is 15.2. The molecule has 142 valence electrons. The van der Waals surface area contributed by atoms with Gasteiger partial charge in [-0.3, -0.25) is 9.59 Å². The second kappa shape index (κ2) is 9.05. The number of esters is 2. The summed E-state index contributed by atoms with van der Waals surface area (Å²) in [5, 5.41) is 21.3. The average Bonchev–Trinajstić information content (AvgIpc) is 2.59. The van der Waals surface area contributed by atoms with E-state index in [1.807, 2.05) is 6.07 Å². The van der Waals surface area contributed by atoms with Crippen LogP contribution in [0.5, 0.6) is 5.75 Å². The molecule has 1 aromatic carbocycles. The summed E-state index contributed by atoms with van der Waals surface area (Å²) in [6, 6.07) is 6.64. The molecular weight excluding hydrogens is 355 g/mol. The summed E-state index contributed by atoms with van der Waals surface area (Å²) in [4.78, 5) is 35.0. The number of rotatable bonds is 6. The maximum Gasteiger partial charge on any atom is 0.547 e. The number of hydrogen-bond acceptors (Lipinski definition) is 8. The van der Waals surface area contributed by atoms with Crippen LogP contribution in [-0.2, 0) is 25.5 Å². The topological polar surface area (TPSA) is 135 Å². The minimum Gasteiger partial charge on any atom is -0.534 e. The fourth-order valence-corrected chi connectivity index (χ4v) is 2.63. The molecule has 0 aliphatic carbocycles. The van der Waals surface area contributed by atoms with Crippen molar-refractivity contribution in [2.75, 3.05) is 0 Å². The van der Waals surface area contributed by atoms with Gasteiger partial charge < -0.3 is 24.5 Å². The first-order valence-electron chi connectivity index (χ1n) is 8.33. The highest BCUT2D eigenvalue weighted by Gasteiger charge is 2.38. The van der Waals surface area contributed by atoms with E-state index < -0.39 is 31.3 Å². The highest BCUT2D eigenvalue weighted by Crippen LogP contribution is 2.31. The van der Waals surface area contributed by atoms with Crippen LogP contribution < -0.4 is 9.97 Å². The number of nitrogens with zero attached hydrogens (tertiary/aromatic N) is 1. The van der Waals surface area contributed by atoms with Crippen LogP contribution in [0.3, 0.4) is 0 Å². The number of ether oxygens (including phenoxy) is 2. The van der Waals surface area contributed by atoms with E-state index in [0.29, 0.717) is 5.56 Å². The summed E-state index contributed by atoms with van der Waals surface area (Å²) in [5.74, 6) is -2.31. The number of carbonyl (C=O) groups is 3. The molecule has 2 N–H and O–H groups in total. The van der Waals surface area contributed by atoms with Crippen molar-refractivity contribution in [1.82, 2.24) is 5.32 Å². The van der Waals surface area contributed by atoms with E-state index in [4.69, 9.17) is 19.4 Å². The SMILES string of the molecule is CC(=O)OC(C)OC(=O)c1cccc2c1OB(O)[C@@H](NC(=O)CCC#N)C2. The van der Waals surface area contributed by atoms with Crippen LogP contribution in [0.4, 0.5) is 0 Å². The highest BCUT2D eigenvalue weighted by atomic mass is 16.7. The van der Waals surface area contributed by atoms with Gasteiger partial charge >= 0.3 is 19.1 Å². The Balaban J connectivity index is 2.11. The maximum absolute atomic E-state index is 12.3. The largest absolute Gasteiger partial charge is 0.547 e. The second-order valence-electron chi connectivity index (χ2n) is 5.92. The standard InChI is InChI=1S/C17H19BN2O7/c1-10(21)25-11(2)26-17(23)13-6-3-5-12-9-14(18(24)27-16(12)13)20-15(22)7-4-8-19/h3,5-6,11,14,24H,4,7,9H2,1-2H3,(H,20,22)/t11?,14-/m0/s1. The van der Waals surface area contributed by atoms with Crippen molar-refractivity contribution in [2.24, 2.45) is 0 Å². The van der Waals surface area contributed by atoms with Gasteiger partial charge in [0, 0.05) is 26.7 Å². The maximum atomic E-state index is 12.3. The smallest absolute Gasteiger partial charge is 0.534 e. The van der Waals surface area contributed by atoms with Crippen LogP contribution in [0.15, 0.2) is 18.2 Å². The Morgan fingerprint density at radius 3 is 2.85 bits per heavy atom. The van der Waals surface area contributed by atoms with Gasteiger partial charge in [-0.15, -0.1) is 0 Å². The fourth-order valence-electron chi connectivity index (χ4n) is 2.63. The summed E-state index contributed by atoms with van der Waals surface area (Å²) >= 11 is 0. The number of para-hydroxylation sites is 1. The molecule has 0 saturated heterocycles. The van der Waals surface area contributed by atoms with E-state index in [-0.39, 0.29) is 36.5 Å². The zero-order valence-corrected chi connectivity index (χ0v) is 14.9. The number of nitrogens with one attached hydrogen (secondary N) is 1. The first-order valence-corrected chi connectivity index (χ1v) is 8.33. The Morgan fingerprint density at radius 2 is 2.19 bits per heavy atom. The van der Waals surface area contributed by atoms with Crippen LogP contribution in [0, 0.1) is 11.3 Å². The van der Waals surface area contributed by atoms with E-state index in [1.165, 1.54) is 19.9 Å². The van der Waals surface area contributed by atoms with Crippen molar-refractivity contribution in [3.63, 3.8) is 0 Å². The molecule has 1 amide bonds. The van der Waals surface area contributed by atoms with E-state index in [2.05, 4.69) is 5.32 Å². The molecule has 1 aromatic rings. The number of amides is 1. The molecule has 2 rings (SSSR count). The summed E-state index contributed by atoms with van der Waals surface area (Å²) in [6.45, 7) is 2.59. The molecule has 27 heavy (non-hydrogen) atoms. The van der Waals surface area contributed by atoms with Gasteiger partial charge in [0.1, 0.15) is 11.3 Å². The number of fused-ring (bicyclic) bond motifs is 1. The van der Waals surface area contributed by atoms with Gasteiger partial charge in [-0.1, -0.05) is 12.1 Å². The van der Waals surface area contributed by atoms with Crippen molar-refractivity contribution in [3.05, 3.63) is 29.3 Å². The average molecular weight is 374 g/mol. The quantitative estimate of drug-likeness (QED) is 0.417. The van der Waals surface area contributed by atoms with Crippen molar-refractivity contribution in [3.8, 4) is 11.8 Å². The normalized spacial score (nSPS) is 16.2. The van der Waals surface area contributed by atoms with Crippen LogP contribution in [0.2, 0.25) is 0 Å². The lowest BCUT2D eigenvalue weighted by Gasteiger charge is -2.29. The third-order valence-corrected chi connectivity index (χ3v) is 3.75. The van der Waals surface area contributed by atoms with Crippen molar-refractivity contribution in [2.45, 2.75) is 45.3 Å². The van der Waals surface area contributed by atoms with Crippen LogP contribution in [0.1, 0.15) is 42.6 Å². The number of carbonyl (C=O) groups excluding carboxylic acids is 3. The first-order chi connectivity index (χ1) is 12.8. The zero-order valence-electron chi connectivity index (χ0n) is 14.9. The summed E-state index contributed by atoms with van der Waals surface area (Å²) in [7, 11) is -1.37. The van der Waals surface area contributed by atoms with Crippen LogP contribution >= 0.6 is 0 Å². The molecule has 0 saturated carbocycles. The molecule has 1 aliphatic rings. The Bertz CT molecular complexity index is 777. The zero-order chi connectivity index (χ0) is 20.0. The second-order valence-corrected chi connectivity index (χ2v) is 5.92. The van der Waals surface area contributed by atoms with E-state index in [9.17, 15) is 19.4 Å². The molecule has 9 nitrogen and oxygen atoms in total. The van der Waals surface area contributed by atoms with Gasteiger partial charge in [0.05, 0.1) is 12.0 Å². The molecule has 10 heteroatoms. The molecule has 0 bridgehead atoms.